The molecular formula is C13H25BrN2O. The lowest BCUT2D eigenvalue weighted by Crippen LogP contribution is -2.49. The van der Waals surface area contributed by atoms with Gasteiger partial charge in [0.25, 0.3) is 0 Å². The molecule has 0 aliphatic carbocycles. The second kappa shape index (κ2) is 8.09. The fourth-order valence-electron chi connectivity index (χ4n) is 2.23. The average Bonchev–Trinajstić information content (AvgIpc) is 2.29. The molecule has 0 saturated carbocycles. The number of amides is 1. The Morgan fingerprint density at radius 1 is 1.18 bits per heavy atom. The van der Waals surface area contributed by atoms with Gasteiger partial charge in [-0.05, 0) is 18.8 Å². The van der Waals surface area contributed by atoms with E-state index in [0.717, 1.165) is 63.2 Å². The Hall–Kier alpha value is -0.0900. The molecule has 1 heterocycles. The molecule has 0 aromatic rings. The Balaban J connectivity index is 2.19. The number of carbonyl (C=O) groups is 1. The summed E-state index contributed by atoms with van der Waals surface area (Å²) in [5, 5.41) is 1.00. The van der Waals surface area contributed by atoms with Crippen molar-refractivity contribution in [2.45, 2.75) is 33.1 Å². The predicted molar refractivity (Wildman–Crippen MR) is 75.5 cm³/mol. The molecule has 0 spiro atoms. The van der Waals surface area contributed by atoms with Gasteiger partial charge in [-0.15, -0.1) is 0 Å². The van der Waals surface area contributed by atoms with Gasteiger partial charge in [-0.1, -0.05) is 29.8 Å². The molecule has 3 nitrogen and oxygen atoms in total. The molecule has 1 amide bonds. The van der Waals surface area contributed by atoms with Crippen LogP contribution in [0.15, 0.2) is 0 Å². The summed E-state index contributed by atoms with van der Waals surface area (Å²) < 4.78 is 0. The maximum atomic E-state index is 11.9. The van der Waals surface area contributed by atoms with Crippen LogP contribution in [-0.2, 0) is 4.79 Å². The van der Waals surface area contributed by atoms with Crippen molar-refractivity contribution < 1.29 is 4.79 Å². The van der Waals surface area contributed by atoms with Gasteiger partial charge in [-0.25, -0.2) is 0 Å². The molecule has 1 aliphatic heterocycles. The van der Waals surface area contributed by atoms with Gasteiger partial charge in [0.15, 0.2) is 0 Å². The monoisotopic (exact) mass is 304 g/mol. The second-order valence-corrected chi connectivity index (χ2v) is 6.01. The van der Waals surface area contributed by atoms with Crippen molar-refractivity contribution in [3.8, 4) is 0 Å². The van der Waals surface area contributed by atoms with E-state index in [2.05, 4.69) is 34.7 Å². The van der Waals surface area contributed by atoms with Crippen molar-refractivity contribution in [3.63, 3.8) is 0 Å². The largest absolute Gasteiger partial charge is 0.340 e. The van der Waals surface area contributed by atoms with E-state index in [1.807, 2.05) is 4.90 Å². The molecule has 4 heteroatoms. The lowest BCUT2D eigenvalue weighted by Gasteiger charge is -2.35. The van der Waals surface area contributed by atoms with Crippen LogP contribution in [0.2, 0.25) is 0 Å². The van der Waals surface area contributed by atoms with E-state index >= 15 is 0 Å². The van der Waals surface area contributed by atoms with Crippen LogP contribution < -0.4 is 0 Å². The van der Waals surface area contributed by atoms with Gasteiger partial charge >= 0.3 is 0 Å². The summed E-state index contributed by atoms with van der Waals surface area (Å²) in [4.78, 5) is 16.4. The first-order valence-electron chi connectivity index (χ1n) is 6.69. The molecule has 100 valence electrons. The van der Waals surface area contributed by atoms with E-state index in [0.29, 0.717) is 5.91 Å². The standard InChI is InChI=1S/C13H25BrN2O/c1-12(2)11-15-7-9-16(10-8-15)13(17)5-3-4-6-14/h12H,3-11H2,1-2H3. The Morgan fingerprint density at radius 2 is 1.82 bits per heavy atom. The number of halogens is 1. The number of hydrogen-bond acceptors (Lipinski definition) is 2. The zero-order chi connectivity index (χ0) is 12.7. The summed E-state index contributed by atoms with van der Waals surface area (Å²) in [5.74, 6) is 1.06. The number of alkyl halides is 1. The highest BCUT2D eigenvalue weighted by Crippen LogP contribution is 2.08. The summed E-state index contributed by atoms with van der Waals surface area (Å²) in [6, 6.07) is 0. The first-order valence-corrected chi connectivity index (χ1v) is 7.81. The molecule has 1 rings (SSSR count). The first kappa shape index (κ1) is 15.0. The smallest absolute Gasteiger partial charge is 0.222 e. The molecule has 17 heavy (non-hydrogen) atoms. The number of hydrogen-bond donors (Lipinski definition) is 0. The summed E-state index contributed by atoms with van der Waals surface area (Å²) in [6.45, 7) is 9.58. The Bertz CT molecular complexity index is 225. The molecule has 0 radical (unpaired) electrons. The molecule has 1 aliphatic rings. The molecule has 1 fully saturated rings. The number of nitrogens with zero attached hydrogens (tertiary/aromatic N) is 2. The SMILES string of the molecule is CC(C)CN1CCN(C(=O)CCCCBr)CC1. The third-order valence-corrected chi connectivity index (χ3v) is 3.68. The van der Waals surface area contributed by atoms with Crippen LogP contribution in [0.4, 0.5) is 0 Å². The summed E-state index contributed by atoms with van der Waals surface area (Å²) >= 11 is 3.39. The van der Waals surface area contributed by atoms with E-state index in [1.54, 1.807) is 0 Å². The van der Waals surface area contributed by atoms with E-state index < -0.39 is 0 Å². The molecule has 0 bridgehead atoms. The maximum Gasteiger partial charge on any atom is 0.222 e. The van der Waals surface area contributed by atoms with Crippen LogP contribution in [0.5, 0.6) is 0 Å². The number of rotatable bonds is 6. The first-order chi connectivity index (χ1) is 8.13. The fourth-order valence-corrected chi connectivity index (χ4v) is 2.62. The van der Waals surface area contributed by atoms with Crippen LogP contribution in [-0.4, -0.2) is 53.8 Å². The minimum atomic E-state index is 0.343. The molecule has 0 N–H and O–H groups in total. The Kier molecular flexibility index (Phi) is 7.12. The second-order valence-electron chi connectivity index (χ2n) is 5.22. The Morgan fingerprint density at radius 3 is 2.35 bits per heavy atom. The van der Waals surface area contributed by atoms with Crippen LogP contribution in [0.1, 0.15) is 33.1 Å². The molecule has 0 aromatic heterocycles. The third-order valence-electron chi connectivity index (χ3n) is 3.12. The minimum absolute atomic E-state index is 0.343. The third kappa shape index (κ3) is 5.87. The van der Waals surface area contributed by atoms with E-state index in [-0.39, 0.29) is 0 Å². The number of carbonyl (C=O) groups excluding carboxylic acids is 1. The van der Waals surface area contributed by atoms with Crippen LogP contribution >= 0.6 is 15.9 Å². The molecule has 0 atom stereocenters. The van der Waals surface area contributed by atoms with Crippen molar-refractivity contribution in [1.82, 2.24) is 9.80 Å². The van der Waals surface area contributed by atoms with E-state index in [9.17, 15) is 4.79 Å². The van der Waals surface area contributed by atoms with Crippen molar-refractivity contribution in [2.75, 3.05) is 38.1 Å². The zero-order valence-corrected chi connectivity index (χ0v) is 12.7. The highest BCUT2D eigenvalue weighted by Gasteiger charge is 2.20. The van der Waals surface area contributed by atoms with Gasteiger partial charge in [0.2, 0.25) is 5.91 Å². The quantitative estimate of drug-likeness (QED) is 0.555. The van der Waals surface area contributed by atoms with Crippen LogP contribution in [0.3, 0.4) is 0 Å². The average molecular weight is 305 g/mol. The van der Waals surface area contributed by atoms with Gasteiger partial charge in [0.1, 0.15) is 0 Å². The maximum absolute atomic E-state index is 11.9. The van der Waals surface area contributed by atoms with Gasteiger partial charge < -0.3 is 4.90 Å². The molecule has 1 saturated heterocycles. The molecular weight excluding hydrogens is 280 g/mol. The van der Waals surface area contributed by atoms with Gasteiger partial charge in [-0.2, -0.15) is 0 Å². The molecule has 0 aromatic carbocycles. The topological polar surface area (TPSA) is 23.6 Å². The summed E-state index contributed by atoms with van der Waals surface area (Å²) in [6.07, 6.45) is 2.82. The normalized spacial score (nSPS) is 17.8. The van der Waals surface area contributed by atoms with Crippen molar-refractivity contribution >= 4 is 21.8 Å². The number of unbranched alkanes of at least 4 members (excludes halogenated alkanes) is 1. The predicted octanol–water partition coefficient (Wildman–Crippen LogP) is 2.35. The van der Waals surface area contributed by atoms with Gasteiger partial charge in [0, 0.05) is 44.5 Å². The highest BCUT2D eigenvalue weighted by molar-refractivity contribution is 9.09. The molecule has 0 unspecified atom stereocenters. The lowest BCUT2D eigenvalue weighted by molar-refractivity contribution is -0.133. The van der Waals surface area contributed by atoms with Crippen LogP contribution in [0.25, 0.3) is 0 Å². The lowest BCUT2D eigenvalue weighted by atomic mass is 10.1. The minimum Gasteiger partial charge on any atom is -0.340 e. The van der Waals surface area contributed by atoms with Crippen molar-refractivity contribution in [2.24, 2.45) is 5.92 Å². The van der Waals surface area contributed by atoms with Gasteiger partial charge in [-0.3, -0.25) is 9.69 Å². The highest BCUT2D eigenvalue weighted by atomic mass is 79.9. The Labute approximate surface area is 114 Å². The zero-order valence-electron chi connectivity index (χ0n) is 11.1. The van der Waals surface area contributed by atoms with Crippen molar-refractivity contribution in [3.05, 3.63) is 0 Å². The van der Waals surface area contributed by atoms with Crippen LogP contribution in [0, 0.1) is 5.92 Å². The van der Waals surface area contributed by atoms with E-state index in [1.165, 1.54) is 0 Å². The summed E-state index contributed by atoms with van der Waals surface area (Å²) in [7, 11) is 0. The van der Waals surface area contributed by atoms with Gasteiger partial charge in [0.05, 0.1) is 0 Å². The van der Waals surface area contributed by atoms with Crippen molar-refractivity contribution in [1.29, 1.82) is 0 Å². The fraction of sp³-hybridized carbons (Fsp3) is 0.923. The number of piperazine rings is 1. The van der Waals surface area contributed by atoms with E-state index in [4.69, 9.17) is 0 Å². The summed E-state index contributed by atoms with van der Waals surface area (Å²) in [5.41, 5.74) is 0.